The number of aromatic hydroxyl groups is 1. The monoisotopic (exact) mass is 400 g/mol. The summed E-state index contributed by atoms with van der Waals surface area (Å²) in [6.07, 6.45) is 1.55. The number of carbonyl (C=O) groups is 1. The van der Waals surface area contributed by atoms with Gasteiger partial charge in [0.25, 0.3) is 11.6 Å². The highest BCUT2D eigenvalue weighted by Crippen LogP contribution is 2.30. The molecule has 0 atom stereocenters. The Morgan fingerprint density at radius 1 is 1.03 bits per heavy atom. The van der Waals surface area contributed by atoms with Crippen LogP contribution in [0.5, 0.6) is 5.75 Å². The van der Waals surface area contributed by atoms with E-state index in [1.165, 1.54) is 24.3 Å². The van der Waals surface area contributed by atoms with Crippen molar-refractivity contribution < 1.29 is 14.8 Å². The molecule has 0 saturated carbocycles. The highest BCUT2D eigenvalue weighted by molar-refractivity contribution is 6.06. The van der Waals surface area contributed by atoms with Gasteiger partial charge in [-0.3, -0.25) is 14.9 Å². The Labute approximate surface area is 170 Å². The Bertz CT molecular complexity index is 1260. The zero-order chi connectivity index (χ0) is 21.1. The lowest BCUT2D eigenvalue weighted by molar-refractivity contribution is -0.384. The summed E-state index contributed by atoms with van der Waals surface area (Å²) in [5.74, 6) is -0.312. The summed E-state index contributed by atoms with van der Waals surface area (Å²) in [5, 5.41) is 25.3. The molecule has 1 heterocycles. The first-order chi connectivity index (χ1) is 14.5. The third kappa shape index (κ3) is 3.74. The number of nitro benzene ring substituents is 1. The van der Waals surface area contributed by atoms with Crippen LogP contribution in [0.15, 0.2) is 77.9 Å². The quantitative estimate of drug-likeness (QED) is 0.264. The minimum absolute atomic E-state index is 0.0904. The number of para-hydroxylation sites is 1. The molecular weight excluding hydrogens is 384 g/mol. The Morgan fingerprint density at radius 2 is 1.73 bits per heavy atom. The average molecular weight is 400 g/mol. The molecule has 0 aliphatic heterocycles. The van der Waals surface area contributed by atoms with Crippen molar-refractivity contribution in [2.75, 3.05) is 0 Å². The number of H-pyrrole nitrogens is 1. The van der Waals surface area contributed by atoms with Gasteiger partial charge in [-0.05, 0) is 48.0 Å². The fraction of sp³-hybridized carbons (Fsp3) is 0. The molecule has 0 bridgehead atoms. The van der Waals surface area contributed by atoms with Crippen LogP contribution in [0.25, 0.3) is 22.2 Å². The fourth-order valence-corrected chi connectivity index (χ4v) is 3.11. The predicted octanol–water partition coefficient (Wildman–Crippen LogP) is 4.21. The molecule has 4 rings (SSSR count). The number of nitrogens with one attached hydrogen (secondary N) is 2. The van der Waals surface area contributed by atoms with Gasteiger partial charge in [0.15, 0.2) is 0 Å². The molecule has 0 aliphatic carbocycles. The molecule has 30 heavy (non-hydrogen) atoms. The molecule has 1 amide bonds. The van der Waals surface area contributed by atoms with Crippen molar-refractivity contribution in [3.63, 3.8) is 0 Å². The number of aromatic amines is 1. The maximum absolute atomic E-state index is 12.3. The van der Waals surface area contributed by atoms with Crippen LogP contribution in [0.3, 0.4) is 0 Å². The van der Waals surface area contributed by atoms with Gasteiger partial charge in [-0.25, -0.2) is 5.43 Å². The number of carbonyl (C=O) groups excluding carboxylic acids is 1. The summed E-state index contributed by atoms with van der Waals surface area (Å²) in [6, 6.07) is 19.7. The van der Waals surface area contributed by atoms with Crippen molar-refractivity contribution in [1.29, 1.82) is 0 Å². The summed E-state index contributed by atoms with van der Waals surface area (Å²) in [6.45, 7) is 0. The van der Waals surface area contributed by atoms with Crippen LogP contribution in [0.4, 0.5) is 5.69 Å². The zero-order valence-corrected chi connectivity index (χ0v) is 15.6. The minimum atomic E-state index is -0.526. The molecule has 0 spiro atoms. The van der Waals surface area contributed by atoms with Crippen LogP contribution < -0.4 is 5.43 Å². The number of aromatic nitrogens is 1. The number of fused-ring (bicyclic) bond motifs is 1. The average Bonchev–Trinajstić information content (AvgIpc) is 3.13. The number of hydrogen-bond acceptors (Lipinski definition) is 5. The predicted molar refractivity (Wildman–Crippen MR) is 114 cm³/mol. The number of hydrazone groups is 1. The van der Waals surface area contributed by atoms with Crippen LogP contribution in [0, 0.1) is 10.1 Å². The number of amides is 1. The summed E-state index contributed by atoms with van der Waals surface area (Å²) in [4.78, 5) is 25.8. The van der Waals surface area contributed by atoms with Crippen molar-refractivity contribution in [2.24, 2.45) is 5.10 Å². The lowest BCUT2D eigenvalue weighted by Crippen LogP contribution is -2.17. The van der Waals surface area contributed by atoms with Gasteiger partial charge >= 0.3 is 0 Å². The van der Waals surface area contributed by atoms with Crippen LogP contribution in [-0.4, -0.2) is 27.1 Å². The standard InChI is InChI=1S/C22H16N4O4/c27-17-11-7-14(8-12-17)21-19(18-3-1-2-4-20(18)24-21)13-23-25-22(28)15-5-9-16(10-6-15)26(29)30/h1-13,24,27H,(H,25,28)/b23-13+. The third-order valence-electron chi connectivity index (χ3n) is 4.60. The first kappa shape index (κ1) is 18.9. The highest BCUT2D eigenvalue weighted by atomic mass is 16.6. The molecule has 0 fully saturated rings. The second-order valence-corrected chi connectivity index (χ2v) is 6.51. The van der Waals surface area contributed by atoms with E-state index in [0.29, 0.717) is 0 Å². The van der Waals surface area contributed by atoms with Gasteiger partial charge in [-0.15, -0.1) is 0 Å². The van der Waals surface area contributed by atoms with Gasteiger partial charge in [-0.2, -0.15) is 5.10 Å². The zero-order valence-electron chi connectivity index (χ0n) is 15.6. The Kier molecular flexibility index (Phi) is 4.96. The van der Waals surface area contributed by atoms with E-state index in [-0.39, 0.29) is 17.0 Å². The van der Waals surface area contributed by atoms with E-state index in [0.717, 1.165) is 27.7 Å². The summed E-state index contributed by atoms with van der Waals surface area (Å²) < 4.78 is 0. The lowest BCUT2D eigenvalue weighted by Gasteiger charge is -2.02. The molecular formula is C22H16N4O4. The molecule has 3 aromatic carbocycles. The summed E-state index contributed by atoms with van der Waals surface area (Å²) in [7, 11) is 0. The van der Waals surface area contributed by atoms with Crippen molar-refractivity contribution in [2.45, 2.75) is 0 Å². The second kappa shape index (κ2) is 7.88. The molecule has 8 heteroatoms. The van der Waals surface area contributed by atoms with Gasteiger partial charge in [-0.1, -0.05) is 18.2 Å². The molecule has 1 aromatic heterocycles. The number of hydrogen-bond donors (Lipinski definition) is 3. The summed E-state index contributed by atoms with van der Waals surface area (Å²) in [5.41, 5.74) is 5.95. The maximum atomic E-state index is 12.3. The van der Waals surface area contributed by atoms with Crippen molar-refractivity contribution in [3.8, 4) is 17.0 Å². The van der Waals surface area contributed by atoms with Gasteiger partial charge in [0.2, 0.25) is 0 Å². The first-order valence-corrected chi connectivity index (χ1v) is 9.01. The SMILES string of the molecule is O=C(N/N=C/c1c(-c2ccc(O)cc2)[nH]c2ccccc12)c1ccc([N+](=O)[O-])cc1. The Hall–Kier alpha value is -4.46. The fourth-order valence-electron chi connectivity index (χ4n) is 3.11. The number of nitro groups is 1. The molecule has 0 unspecified atom stereocenters. The van der Waals surface area contributed by atoms with Crippen molar-refractivity contribution in [3.05, 3.63) is 94.0 Å². The van der Waals surface area contributed by atoms with E-state index in [9.17, 15) is 20.0 Å². The molecule has 0 saturated heterocycles. The topological polar surface area (TPSA) is 121 Å². The number of non-ortho nitro benzene ring substituents is 1. The molecule has 3 N–H and O–H groups in total. The number of phenols is 1. The minimum Gasteiger partial charge on any atom is -0.508 e. The number of rotatable bonds is 5. The third-order valence-corrected chi connectivity index (χ3v) is 4.60. The molecule has 0 aliphatic rings. The normalized spacial score (nSPS) is 11.1. The maximum Gasteiger partial charge on any atom is 0.271 e. The van der Waals surface area contributed by atoms with Crippen LogP contribution >= 0.6 is 0 Å². The number of nitrogens with zero attached hydrogens (tertiary/aromatic N) is 2. The molecule has 8 nitrogen and oxygen atoms in total. The van der Waals surface area contributed by atoms with Crippen LogP contribution in [0.2, 0.25) is 0 Å². The number of benzene rings is 3. The Balaban J connectivity index is 1.62. The highest BCUT2D eigenvalue weighted by Gasteiger charge is 2.12. The molecule has 4 aromatic rings. The number of phenolic OH excluding ortho intramolecular Hbond substituents is 1. The van der Waals surface area contributed by atoms with Gasteiger partial charge in [0.05, 0.1) is 16.8 Å². The van der Waals surface area contributed by atoms with Crippen molar-refractivity contribution in [1.82, 2.24) is 10.4 Å². The van der Waals surface area contributed by atoms with E-state index >= 15 is 0 Å². The van der Waals surface area contributed by atoms with E-state index in [1.807, 2.05) is 24.3 Å². The summed E-state index contributed by atoms with van der Waals surface area (Å²) >= 11 is 0. The van der Waals surface area contributed by atoms with E-state index in [4.69, 9.17) is 0 Å². The van der Waals surface area contributed by atoms with E-state index in [1.54, 1.807) is 30.5 Å². The van der Waals surface area contributed by atoms with Crippen LogP contribution in [0.1, 0.15) is 15.9 Å². The van der Waals surface area contributed by atoms with Gasteiger partial charge in [0, 0.05) is 34.2 Å². The largest absolute Gasteiger partial charge is 0.508 e. The van der Waals surface area contributed by atoms with Crippen molar-refractivity contribution >= 4 is 28.7 Å². The second-order valence-electron chi connectivity index (χ2n) is 6.51. The molecule has 148 valence electrons. The molecule has 0 radical (unpaired) electrons. The Morgan fingerprint density at radius 3 is 2.43 bits per heavy atom. The smallest absolute Gasteiger partial charge is 0.271 e. The van der Waals surface area contributed by atoms with E-state index < -0.39 is 10.8 Å². The van der Waals surface area contributed by atoms with Crippen LogP contribution in [-0.2, 0) is 0 Å². The van der Waals surface area contributed by atoms with Gasteiger partial charge in [0.1, 0.15) is 5.75 Å². The van der Waals surface area contributed by atoms with E-state index in [2.05, 4.69) is 15.5 Å². The lowest BCUT2D eigenvalue weighted by atomic mass is 10.1. The first-order valence-electron chi connectivity index (χ1n) is 9.01. The van der Waals surface area contributed by atoms with Gasteiger partial charge < -0.3 is 10.1 Å².